The highest BCUT2D eigenvalue weighted by atomic mass is 19.4. The summed E-state index contributed by atoms with van der Waals surface area (Å²) in [5.74, 6) is -31.6. The zero-order chi connectivity index (χ0) is 18.3. The maximum absolute atomic E-state index is 13.6. The summed E-state index contributed by atoms with van der Waals surface area (Å²) in [6.45, 7) is 0. The van der Waals surface area contributed by atoms with Crippen LogP contribution in [0.25, 0.3) is 5.70 Å². The Morgan fingerprint density at radius 2 is 1.12 bits per heavy atom. The number of hydrogen-bond acceptors (Lipinski definition) is 0. The highest BCUT2D eigenvalue weighted by Gasteiger charge is 2.96. The van der Waals surface area contributed by atoms with Gasteiger partial charge in [0.05, 0.1) is 5.57 Å². The van der Waals surface area contributed by atoms with E-state index in [-0.39, 0.29) is 4.57 Å². The Morgan fingerprint density at radius 3 is 1.58 bits per heavy atom. The first kappa shape index (κ1) is 17.0. The Hall–Kier alpha value is -1.81. The second-order valence-electron chi connectivity index (χ2n) is 5.45. The van der Waals surface area contributed by atoms with E-state index in [4.69, 9.17) is 0 Å². The number of alkyl halides is 10. The van der Waals surface area contributed by atoms with Gasteiger partial charge in [0, 0.05) is 12.1 Å². The van der Waals surface area contributed by atoms with E-state index in [1.807, 2.05) is 0 Å². The molecule has 0 spiro atoms. The third-order valence-electron chi connectivity index (χ3n) is 4.11. The summed E-state index contributed by atoms with van der Waals surface area (Å²) >= 11 is 0. The fraction of sp³-hybridized carbons (Fsp3) is 0.462. The second-order valence-corrected chi connectivity index (χ2v) is 5.45. The first-order valence-corrected chi connectivity index (χ1v) is 6.33. The minimum absolute atomic E-state index is 0.232. The number of allylic oxidation sites excluding steroid dienone is 2. The highest BCUT2D eigenvalue weighted by Crippen LogP contribution is 2.72. The summed E-state index contributed by atoms with van der Waals surface area (Å²) in [5, 5.41) is 0. The van der Waals surface area contributed by atoms with Crippen LogP contribution in [0.2, 0.25) is 0 Å². The van der Waals surface area contributed by atoms with Crippen molar-refractivity contribution in [2.75, 3.05) is 0 Å². The molecule has 24 heavy (non-hydrogen) atoms. The number of aromatic nitrogens is 1. The monoisotopic (exact) mass is 366 g/mol. The molecule has 0 bridgehead atoms. The van der Waals surface area contributed by atoms with Crippen LogP contribution in [0.15, 0.2) is 36.2 Å². The molecule has 1 fully saturated rings. The molecule has 1 heterocycles. The standard InChI is InChI=1S/C13H6F10N/c14-9(15)6(7-10(16,17)13(22,23)11(7,18)19)8(12(9,20)21)24-4-2-1-3-5-24/h1-5,7H/q+1. The van der Waals surface area contributed by atoms with Gasteiger partial charge in [0.25, 0.3) is 5.70 Å². The third kappa shape index (κ3) is 1.55. The molecule has 1 aromatic heterocycles. The van der Waals surface area contributed by atoms with E-state index in [2.05, 4.69) is 0 Å². The molecule has 11 heteroatoms. The number of nitrogens with zero attached hydrogens (tertiary/aromatic N) is 1. The van der Waals surface area contributed by atoms with Crippen LogP contribution in [-0.2, 0) is 0 Å². The molecular formula is C13H6F10N+. The molecule has 0 saturated heterocycles. The quantitative estimate of drug-likeness (QED) is 0.550. The lowest BCUT2D eigenvalue weighted by atomic mass is 9.61. The first-order chi connectivity index (χ1) is 10.7. The van der Waals surface area contributed by atoms with Crippen molar-refractivity contribution < 1.29 is 48.5 Å². The predicted molar refractivity (Wildman–Crippen MR) is 58.1 cm³/mol. The van der Waals surface area contributed by atoms with Crippen LogP contribution in [0.5, 0.6) is 0 Å². The maximum atomic E-state index is 13.6. The Morgan fingerprint density at radius 1 is 0.667 bits per heavy atom. The number of hydrogen-bond donors (Lipinski definition) is 0. The molecule has 2 aliphatic carbocycles. The van der Waals surface area contributed by atoms with Gasteiger partial charge >= 0.3 is 29.6 Å². The average Bonchev–Trinajstić information content (AvgIpc) is 2.46. The van der Waals surface area contributed by atoms with Crippen molar-refractivity contribution in [3.8, 4) is 0 Å². The van der Waals surface area contributed by atoms with Crippen LogP contribution in [0.4, 0.5) is 43.9 Å². The lowest BCUT2D eigenvalue weighted by Crippen LogP contribution is -2.79. The molecule has 0 N–H and O–H groups in total. The van der Waals surface area contributed by atoms with Gasteiger partial charge in [0.2, 0.25) is 0 Å². The topological polar surface area (TPSA) is 3.88 Å². The van der Waals surface area contributed by atoms with Crippen molar-refractivity contribution in [2.24, 2.45) is 5.92 Å². The van der Waals surface area contributed by atoms with Gasteiger partial charge in [-0.3, -0.25) is 0 Å². The van der Waals surface area contributed by atoms with E-state index in [1.165, 1.54) is 6.07 Å². The summed E-state index contributed by atoms with van der Waals surface area (Å²) < 4.78 is 134. The highest BCUT2D eigenvalue weighted by molar-refractivity contribution is 5.67. The normalized spacial score (nSPS) is 28.9. The summed E-state index contributed by atoms with van der Waals surface area (Å²) in [7, 11) is 0. The summed E-state index contributed by atoms with van der Waals surface area (Å²) in [5.41, 5.74) is -4.24. The zero-order valence-corrected chi connectivity index (χ0v) is 11.2. The van der Waals surface area contributed by atoms with E-state index >= 15 is 0 Å². The first-order valence-electron chi connectivity index (χ1n) is 6.33. The molecule has 1 nitrogen and oxygen atoms in total. The van der Waals surface area contributed by atoms with Crippen molar-refractivity contribution in [1.82, 2.24) is 0 Å². The molecule has 0 aromatic carbocycles. The molecule has 0 radical (unpaired) electrons. The lowest BCUT2D eigenvalue weighted by molar-refractivity contribution is -0.604. The minimum atomic E-state index is -5.91. The van der Waals surface area contributed by atoms with Crippen molar-refractivity contribution >= 4 is 5.70 Å². The molecule has 0 atom stereocenters. The Labute approximate surface area is 127 Å². The molecule has 0 amide bonds. The molecule has 2 aliphatic rings. The van der Waals surface area contributed by atoms with E-state index in [0.717, 1.165) is 24.5 Å². The Balaban J connectivity index is 2.25. The molecule has 132 valence electrons. The average molecular weight is 366 g/mol. The molecule has 1 saturated carbocycles. The van der Waals surface area contributed by atoms with E-state index < -0.39 is 46.8 Å². The second kappa shape index (κ2) is 4.23. The molecule has 3 rings (SSSR count). The molecule has 0 unspecified atom stereocenters. The van der Waals surface area contributed by atoms with Crippen LogP contribution in [0.3, 0.4) is 0 Å². The van der Waals surface area contributed by atoms with Crippen molar-refractivity contribution in [3.63, 3.8) is 0 Å². The maximum Gasteiger partial charge on any atom is 0.396 e. The Kier molecular flexibility index (Phi) is 3.00. The number of rotatable bonds is 2. The number of halogens is 10. The van der Waals surface area contributed by atoms with Gasteiger partial charge in [-0.1, -0.05) is 6.07 Å². The van der Waals surface area contributed by atoms with E-state index in [0.29, 0.717) is 0 Å². The summed E-state index contributed by atoms with van der Waals surface area (Å²) in [6, 6.07) is 3.35. The van der Waals surface area contributed by atoms with Gasteiger partial charge in [-0.05, 0) is 0 Å². The SMILES string of the molecule is FC1(F)C(C2C(F)(F)C(F)(F)C2(F)F)=C([n+]2ccccc2)C1(F)F. The van der Waals surface area contributed by atoms with Gasteiger partial charge in [0.15, 0.2) is 12.4 Å². The van der Waals surface area contributed by atoms with Crippen molar-refractivity contribution in [2.45, 2.75) is 29.6 Å². The van der Waals surface area contributed by atoms with E-state index in [1.54, 1.807) is 0 Å². The lowest BCUT2D eigenvalue weighted by Gasteiger charge is -2.53. The molecule has 1 aromatic rings. The largest absolute Gasteiger partial charge is 0.396 e. The smallest absolute Gasteiger partial charge is 0.199 e. The molecule has 0 aliphatic heterocycles. The van der Waals surface area contributed by atoms with E-state index in [9.17, 15) is 43.9 Å². The van der Waals surface area contributed by atoms with Crippen LogP contribution in [0, 0.1) is 5.92 Å². The third-order valence-corrected chi connectivity index (χ3v) is 4.11. The van der Waals surface area contributed by atoms with Crippen molar-refractivity contribution in [3.05, 3.63) is 36.2 Å². The van der Waals surface area contributed by atoms with Gasteiger partial charge in [0.1, 0.15) is 5.92 Å². The van der Waals surface area contributed by atoms with Crippen molar-refractivity contribution in [1.29, 1.82) is 0 Å². The predicted octanol–water partition coefficient (Wildman–Crippen LogP) is 4.01. The van der Waals surface area contributed by atoms with Crippen LogP contribution in [-0.4, -0.2) is 29.6 Å². The molecular weight excluding hydrogens is 360 g/mol. The Bertz CT molecular complexity index is 704. The van der Waals surface area contributed by atoms with Crippen LogP contribution >= 0.6 is 0 Å². The minimum Gasteiger partial charge on any atom is -0.199 e. The van der Waals surface area contributed by atoms with Gasteiger partial charge in [-0.25, -0.2) is 0 Å². The summed E-state index contributed by atoms with van der Waals surface area (Å²) in [6.07, 6.45) is 1.46. The number of pyridine rings is 1. The van der Waals surface area contributed by atoms with Gasteiger partial charge in [-0.2, -0.15) is 48.5 Å². The van der Waals surface area contributed by atoms with Gasteiger partial charge < -0.3 is 0 Å². The van der Waals surface area contributed by atoms with Crippen LogP contribution in [0.1, 0.15) is 0 Å². The fourth-order valence-electron chi connectivity index (χ4n) is 2.84. The zero-order valence-electron chi connectivity index (χ0n) is 11.2. The van der Waals surface area contributed by atoms with Gasteiger partial charge in [-0.15, -0.1) is 0 Å². The fourth-order valence-corrected chi connectivity index (χ4v) is 2.84. The summed E-state index contributed by atoms with van der Waals surface area (Å²) in [4.78, 5) is 0. The van der Waals surface area contributed by atoms with Crippen LogP contribution < -0.4 is 4.57 Å².